The maximum Gasteiger partial charge on any atom is 0.214 e. The number of nitrogens with one attached hydrogen (secondary N) is 1. The highest BCUT2D eigenvalue weighted by molar-refractivity contribution is 6.38. The summed E-state index contributed by atoms with van der Waals surface area (Å²) in [6.45, 7) is 0.610. The molecule has 0 bridgehead atoms. The predicted octanol–water partition coefficient (Wildman–Crippen LogP) is 2.36. The van der Waals surface area contributed by atoms with Gasteiger partial charge < -0.3 is 19.4 Å². The lowest BCUT2D eigenvalue weighted by Crippen LogP contribution is -2.27. The molecule has 1 aliphatic heterocycles. The third kappa shape index (κ3) is 1.51. The first kappa shape index (κ1) is 12.2. The first-order chi connectivity index (χ1) is 9.22. The zero-order valence-corrected chi connectivity index (χ0v) is 11.4. The molecule has 0 aliphatic carbocycles. The van der Waals surface area contributed by atoms with E-state index < -0.39 is 0 Å². The van der Waals surface area contributed by atoms with Gasteiger partial charge in [-0.1, -0.05) is 11.6 Å². The monoisotopic (exact) mass is 280 g/mol. The number of aromatic amines is 1. The van der Waals surface area contributed by atoms with Gasteiger partial charge in [-0.3, -0.25) is 4.79 Å². The number of methoxy groups -OCH3 is 2. The first-order valence-corrected chi connectivity index (χ1v) is 6.26. The number of rotatable bonds is 3. The molecule has 2 heterocycles. The summed E-state index contributed by atoms with van der Waals surface area (Å²) < 4.78 is 10.7. The van der Waals surface area contributed by atoms with Crippen LogP contribution in [0.3, 0.4) is 0 Å². The summed E-state index contributed by atoms with van der Waals surface area (Å²) in [6, 6.07) is 0. The summed E-state index contributed by atoms with van der Waals surface area (Å²) in [5.74, 6) is 0.999. The van der Waals surface area contributed by atoms with E-state index in [-0.39, 0.29) is 0 Å². The molecule has 6 heteroatoms. The number of carbonyl (C=O) groups excluding carboxylic acids is 1. The van der Waals surface area contributed by atoms with Gasteiger partial charge in [-0.2, -0.15) is 0 Å². The van der Waals surface area contributed by atoms with Crippen LogP contribution in [0.2, 0.25) is 5.02 Å². The Hall–Kier alpha value is -1.88. The number of carbonyl (C=O) groups is 1. The third-order valence-electron chi connectivity index (χ3n) is 3.48. The molecular weight excluding hydrogens is 268 g/mol. The fraction of sp³-hybridized carbons (Fsp3) is 0.308. The Kier molecular flexibility index (Phi) is 2.78. The normalized spacial score (nSPS) is 13.7. The van der Waals surface area contributed by atoms with Gasteiger partial charge in [0.05, 0.1) is 25.4 Å². The number of hydrogen-bond donors (Lipinski definition) is 1. The molecule has 0 fully saturated rings. The number of anilines is 1. The lowest BCUT2D eigenvalue weighted by Gasteiger charge is -2.26. The number of nitrogens with zero attached hydrogens (tertiary/aromatic N) is 1. The number of hydrogen-bond acceptors (Lipinski definition) is 3. The molecule has 0 spiro atoms. The fourth-order valence-electron chi connectivity index (χ4n) is 2.65. The van der Waals surface area contributed by atoms with Crippen molar-refractivity contribution in [3.8, 4) is 11.5 Å². The number of benzene rings is 1. The highest BCUT2D eigenvalue weighted by Crippen LogP contribution is 2.50. The third-order valence-corrected chi connectivity index (χ3v) is 3.83. The van der Waals surface area contributed by atoms with Crippen molar-refractivity contribution in [3.63, 3.8) is 0 Å². The molecule has 1 aromatic heterocycles. The Balaban J connectivity index is 2.46. The number of aromatic nitrogens is 1. The van der Waals surface area contributed by atoms with Crippen LogP contribution in [0.25, 0.3) is 10.9 Å². The Morgan fingerprint density at radius 3 is 2.74 bits per heavy atom. The second-order valence-electron chi connectivity index (χ2n) is 4.34. The number of H-pyrrole nitrogens is 1. The topological polar surface area (TPSA) is 54.6 Å². The van der Waals surface area contributed by atoms with Crippen LogP contribution in [-0.2, 0) is 11.2 Å². The molecule has 1 N–H and O–H groups in total. The predicted molar refractivity (Wildman–Crippen MR) is 73.5 cm³/mol. The minimum Gasteiger partial charge on any atom is -0.491 e. The van der Waals surface area contributed by atoms with E-state index in [1.165, 1.54) is 7.11 Å². The van der Waals surface area contributed by atoms with Crippen LogP contribution in [0.15, 0.2) is 6.20 Å². The number of ether oxygens (including phenoxy) is 2. The van der Waals surface area contributed by atoms with Gasteiger partial charge in [0.2, 0.25) is 6.41 Å². The molecule has 0 radical (unpaired) electrons. The first-order valence-electron chi connectivity index (χ1n) is 5.88. The van der Waals surface area contributed by atoms with E-state index in [9.17, 15) is 4.79 Å². The minimum atomic E-state index is 0.402. The molecule has 2 aromatic rings. The number of halogens is 1. The van der Waals surface area contributed by atoms with E-state index in [1.54, 1.807) is 12.0 Å². The van der Waals surface area contributed by atoms with Gasteiger partial charge in [-0.15, -0.1) is 0 Å². The molecule has 1 aromatic carbocycles. The van der Waals surface area contributed by atoms with Crippen LogP contribution < -0.4 is 14.4 Å². The SMILES string of the molecule is COc1c(Cl)c2c3c(c[nH]c3c1OC)CCN2C=O. The highest BCUT2D eigenvalue weighted by atomic mass is 35.5. The van der Waals surface area contributed by atoms with Crippen LogP contribution in [-0.4, -0.2) is 32.2 Å². The Morgan fingerprint density at radius 1 is 1.37 bits per heavy atom. The van der Waals surface area contributed by atoms with Crippen LogP contribution >= 0.6 is 11.6 Å². The van der Waals surface area contributed by atoms with Crippen molar-refractivity contribution >= 4 is 34.6 Å². The average Bonchev–Trinajstić information content (AvgIpc) is 2.86. The summed E-state index contributed by atoms with van der Waals surface area (Å²) in [4.78, 5) is 16.0. The second kappa shape index (κ2) is 4.35. The standard InChI is InChI=1S/C13H13ClN2O3/c1-18-12-9(14)11-8-7(3-4-16(11)6-17)5-15-10(8)13(12)19-2/h5-6,15H,3-4H2,1-2H3. The Bertz CT molecular complexity index is 666. The Labute approximate surface area is 115 Å². The minimum absolute atomic E-state index is 0.402. The average molecular weight is 281 g/mol. The maximum absolute atomic E-state index is 11.2. The number of amides is 1. The van der Waals surface area contributed by atoms with Gasteiger partial charge in [0, 0.05) is 18.1 Å². The summed E-state index contributed by atoms with van der Waals surface area (Å²) in [7, 11) is 3.09. The molecule has 0 atom stereocenters. The van der Waals surface area contributed by atoms with Crippen molar-refractivity contribution in [1.29, 1.82) is 0 Å². The molecule has 1 amide bonds. The molecule has 19 heavy (non-hydrogen) atoms. The van der Waals surface area contributed by atoms with Gasteiger partial charge in [0.1, 0.15) is 5.02 Å². The van der Waals surface area contributed by atoms with E-state index in [2.05, 4.69) is 4.98 Å². The highest BCUT2D eigenvalue weighted by Gasteiger charge is 2.29. The van der Waals surface area contributed by atoms with Crippen molar-refractivity contribution in [2.24, 2.45) is 0 Å². The van der Waals surface area contributed by atoms with E-state index in [4.69, 9.17) is 21.1 Å². The van der Waals surface area contributed by atoms with Gasteiger partial charge in [-0.05, 0) is 12.0 Å². The molecular formula is C13H13ClN2O3. The van der Waals surface area contributed by atoms with Crippen molar-refractivity contribution in [2.75, 3.05) is 25.7 Å². The molecule has 0 saturated heterocycles. The van der Waals surface area contributed by atoms with Crippen molar-refractivity contribution < 1.29 is 14.3 Å². The van der Waals surface area contributed by atoms with E-state index in [0.29, 0.717) is 28.8 Å². The summed E-state index contributed by atoms with van der Waals surface area (Å²) in [5, 5.41) is 1.33. The maximum atomic E-state index is 11.2. The van der Waals surface area contributed by atoms with Gasteiger partial charge >= 0.3 is 0 Å². The largest absolute Gasteiger partial charge is 0.491 e. The molecule has 100 valence electrons. The second-order valence-corrected chi connectivity index (χ2v) is 4.72. The zero-order valence-electron chi connectivity index (χ0n) is 10.6. The zero-order chi connectivity index (χ0) is 13.6. The Morgan fingerprint density at radius 2 is 2.11 bits per heavy atom. The molecule has 0 saturated carbocycles. The van der Waals surface area contributed by atoms with E-state index in [1.807, 2.05) is 6.20 Å². The van der Waals surface area contributed by atoms with E-state index >= 15 is 0 Å². The van der Waals surface area contributed by atoms with Crippen molar-refractivity contribution in [2.45, 2.75) is 6.42 Å². The van der Waals surface area contributed by atoms with Gasteiger partial charge in [-0.25, -0.2) is 0 Å². The fourth-order valence-corrected chi connectivity index (χ4v) is 3.01. The van der Waals surface area contributed by atoms with Crippen LogP contribution in [0.4, 0.5) is 5.69 Å². The van der Waals surface area contributed by atoms with Crippen LogP contribution in [0.1, 0.15) is 5.56 Å². The molecule has 3 rings (SSSR count). The van der Waals surface area contributed by atoms with E-state index in [0.717, 1.165) is 29.3 Å². The summed E-state index contributed by atoms with van der Waals surface area (Å²) in [6.07, 6.45) is 3.51. The van der Waals surface area contributed by atoms with Crippen molar-refractivity contribution in [1.82, 2.24) is 4.98 Å². The quantitative estimate of drug-likeness (QED) is 0.878. The summed E-state index contributed by atoms with van der Waals surface area (Å²) >= 11 is 6.39. The molecule has 0 unspecified atom stereocenters. The lowest BCUT2D eigenvalue weighted by atomic mass is 10.0. The smallest absolute Gasteiger partial charge is 0.214 e. The van der Waals surface area contributed by atoms with Gasteiger partial charge in [0.15, 0.2) is 11.5 Å². The van der Waals surface area contributed by atoms with Crippen molar-refractivity contribution in [3.05, 3.63) is 16.8 Å². The van der Waals surface area contributed by atoms with Gasteiger partial charge in [0.25, 0.3) is 0 Å². The molecule has 5 nitrogen and oxygen atoms in total. The molecule has 1 aliphatic rings. The van der Waals surface area contributed by atoms with Crippen LogP contribution in [0.5, 0.6) is 11.5 Å². The van der Waals surface area contributed by atoms with Crippen LogP contribution in [0, 0.1) is 0 Å². The summed E-state index contributed by atoms with van der Waals surface area (Å²) in [5.41, 5.74) is 2.62. The lowest BCUT2D eigenvalue weighted by molar-refractivity contribution is -0.107.